The summed E-state index contributed by atoms with van der Waals surface area (Å²) in [5.41, 5.74) is 0.342. The fourth-order valence-electron chi connectivity index (χ4n) is 1.91. The number of hydrogen-bond donors (Lipinski definition) is 1. The molecule has 1 aliphatic rings. The summed E-state index contributed by atoms with van der Waals surface area (Å²) in [5.74, 6) is -0.359. The number of nitriles is 2. The lowest BCUT2D eigenvalue weighted by Gasteiger charge is -2.12. The minimum absolute atomic E-state index is 0.0268. The molecule has 108 valence electrons. The van der Waals surface area contributed by atoms with Crippen LogP contribution in [0.25, 0.3) is 0 Å². The van der Waals surface area contributed by atoms with Crippen molar-refractivity contribution < 1.29 is 13.9 Å². The lowest BCUT2D eigenvalue weighted by Crippen LogP contribution is -2.16. The molecule has 1 heterocycles. The van der Waals surface area contributed by atoms with E-state index in [1.54, 1.807) is 18.2 Å². The van der Waals surface area contributed by atoms with Crippen LogP contribution in [0.2, 0.25) is 0 Å². The number of nitrogens with zero attached hydrogens (tertiary/aromatic N) is 2. The van der Waals surface area contributed by atoms with Gasteiger partial charge in [0.25, 0.3) is 0 Å². The number of ether oxygens (including phenoxy) is 2. The number of allylic oxidation sites excluding steroid dienone is 1. The maximum Gasteiger partial charge on any atom is 0.167 e. The third kappa shape index (κ3) is 4.20. The minimum atomic E-state index is -0.512. The predicted molar refractivity (Wildman–Crippen MR) is 73.8 cm³/mol. The number of anilines is 1. The average Bonchev–Trinajstić information content (AvgIpc) is 3.01. The molecule has 1 N–H and O–H groups in total. The molecule has 5 nitrogen and oxygen atoms in total. The van der Waals surface area contributed by atoms with Crippen molar-refractivity contribution in [3.63, 3.8) is 0 Å². The van der Waals surface area contributed by atoms with Crippen molar-refractivity contribution >= 4 is 5.69 Å². The quantitative estimate of drug-likeness (QED) is 0.842. The van der Waals surface area contributed by atoms with Crippen LogP contribution >= 0.6 is 0 Å². The van der Waals surface area contributed by atoms with E-state index in [1.807, 2.05) is 0 Å². The summed E-state index contributed by atoms with van der Waals surface area (Å²) < 4.78 is 24.7. The molecule has 0 amide bonds. The lowest BCUT2D eigenvalue weighted by molar-refractivity contribution is 0.0666. The Morgan fingerprint density at radius 2 is 2.29 bits per heavy atom. The monoisotopic (exact) mass is 287 g/mol. The zero-order chi connectivity index (χ0) is 15.1. The van der Waals surface area contributed by atoms with Crippen molar-refractivity contribution in [3.8, 4) is 17.9 Å². The molecule has 0 aliphatic carbocycles. The normalized spacial score (nSPS) is 16.6. The van der Waals surface area contributed by atoms with Crippen LogP contribution in [0.1, 0.15) is 12.8 Å². The summed E-state index contributed by atoms with van der Waals surface area (Å²) in [6, 6.07) is 7.76. The van der Waals surface area contributed by atoms with E-state index in [9.17, 15) is 4.39 Å². The molecule has 0 saturated carbocycles. The van der Waals surface area contributed by atoms with Crippen LogP contribution in [0, 0.1) is 28.5 Å². The van der Waals surface area contributed by atoms with Crippen molar-refractivity contribution in [3.05, 3.63) is 35.8 Å². The van der Waals surface area contributed by atoms with Crippen LogP contribution in [-0.2, 0) is 4.74 Å². The van der Waals surface area contributed by atoms with Gasteiger partial charge in [-0.15, -0.1) is 0 Å². The van der Waals surface area contributed by atoms with Gasteiger partial charge in [0.2, 0.25) is 0 Å². The molecule has 6 heteroatoms. The molecule has 1 aliphatic heterocycles. The van der Waals surface area contributed by atoms with Gasteiger partial charge in [0.05, 0.1) is 6.10 Å². The van der Waals surface area contributed by atoms with Crippen LogP contribution in [0.4, 0.5) is 10.1 Å². The molecule has 1 unspecified atom stereocenters. The molecule has 1 fully saturated rings. The minimum Gasteiger partial charge on any atom is -0.488 e. The average molecular weight is 287 g/mol. The highest BCUT2D eigenvalue weighted by Gasteiger charge is 2.16. The number of benzene rings is 1. The molecule has 1 atom stereocenters. The summed E-state index contributed by atoms with van der Waals surface area (Å²) in [4.78, 5) is 0. The topological polar surface area (TPSA) is 78.1 Å². The van der Waals surface area contributed by atoms with E-state index in [4.69, 9.17) is 20.0 Å². The highest BCUT2D eigenvalue weighted by molar-refractivity contribution is 5.51. The molecule has 1 saturated heterocycles. The second-order valence-corrected chi connectivity index (χ2v) is 4.52. The number of nitrogens with one attached hydrogen (secondary N) is 1. The summed E-state index contributed by atoms with van der Waals surface area (Å²) in [6.07, 6.45) is 3.18. The summed E-state index contributed by atoms with van der Waals surface area (Å²) in [6.45, 7) is 1.06. The molecule has 1 aromatic rings. The van der Waals surface area contributed by atoms with Gasteiger partial charge >= 0.3 is 0 Å². The Kier molecular flexibility index (Phi) is 5.14. The van der Waals surface area contributed by atoms with Crippen LogP contribution in [0.3, 0.4) is 0 Å². The molecular weight excluding hydrogens is 273 g/mol. The molecular formula is C15H14FN3O2. The fourth-order valence-corrected chi connectivity index (χ4v) is 1.91. The maximum absolute atomic E-state index is 13.9. The SMILES string of the molecule is N#CC(C#N)=CNc1ccc(OCC2CCCO2)c(F)c1. The van der Waals surface area contributed by atoms with E-state index in [-0.39, 0.29) is 17.4 Å². The smallest absolute Gasteiger partial charge is 0.167 e. The van der Waals surface area contributed by atoms with Gasteiger partial charge in [0.1, 0.15) is 24.3 Å². The third-order valence-electron chi connectivity index (χ3n) is 3.00. The van der Waals surface area contributed by atoms with E-state index in [1.165, 1.54) is 18.3 Å². The van der Waals surface area contributed by atoms with Gasteiger partial charge in [-0.1, -0.05) is 0 Å². The maximum atomic E-state index is 13.9. The Morgan fingerprint density at radius 1 is 1.48 bits per heavy atom. The van der Waals surface area contributed by atoms with Crippen molar-refractivity contribution in [1.29, 1.82) is 10.5 Å². The van der Waals surface area contributed by atoms with Gasteiger partial charge < -0.3 is 14.8 Å². The van der Waals surface area contributed by atoms with Crippen LogP contribution < -0.4 is 10.1 Å². The largest absolute Gasteiger partial charge is 0.488 e. The lowest BCUT2D eigenvalue weighted by atomic mass is 10.2. The number of hydrogen-bond acceptors (Lipinski definition) is 5. The first kappa shape index (κ1) is 14.8. The Labute approximate surface area is 122 Å². The van der Waals surface area contributed by atoms with E-state index in [0.29, 0.717) is 12.3 Å². The number of halogens is 1. The number of rotatable bonds is 5. The van der Waals surface area contributed by atoms with Gasteiger partial charge in [-0.2, -0.15) is 10.5 Å². The fraction of sp³-hybridized carbons (Fsp3) is 0.333. The second-order valence-electron chi connectivity index (χ2n) is 4.52. The van der Waals surface area contributed by atoms with Crippen molar-refractivity contribution in [2.45, 2.75) is 18.9 Å². The molecule has 0 radical (unpaired) electrons. The van der Waals surface area contributed by atoms with E-state index < -0.39 is 5.82 Å². The molecule has 0 spiro atoms. The zero-order valence-corrected chi connectivity index (χ0v) is 11.3. The van der Waals surface area contributed by atoms with Gasteiger partial charge in [-0.3, -0.25) is 0 Å². The van der Waals surface area contributed by atoms with Gasteiger partial charge in [0.15, 0.2) is 11.6 Å². The zero-order valence-electron chi connectivity index (χ0n) is 11.3. The first-order valence-corrected chi connectivity index (χ1v) is 6.54. The van der Waals surface area contributed by atoms with E-state index >= 15 is 0 Å². The molecule has 0 bridgehead atoms. The molecule has 1 aromatic carbocycles. The van der Waals surface area contributed by atoms with E-state index in [0.717, 1.165) is 19.4 Å². The van der Waals surface area contributed by atoms with Gasteiger partial charge in [0, 0.05) is 24.6 Å². The molecule has 21 heavy (non-hydrogen) atoms. The Morgan fingerprint density at radius 3 is 2.90 bits per heavy atom. The van der Waals surface area contributed by atoms with E-state index in [2.05, 4.69) is 5.32 Å². The molecule has 2 rings (SSSR count). The van der Waals surface area contributed by atoms with Crippen LogP contribution in [-0.4, -0.2) is 19.3 Å². The second kappa shape index (κ2) is 7.28. The van der Waals surface area contributed by atoms with Gasteiger partial charge in [-0.05, 0) is 25.0 Å². The van der Waals surface area contributed by atoms with Crippen molar-refractivity contribution in [2.75, 3.05) is 18.5 Å². The Bertz CT molecular complexity index is 594. The van der Waals surface area contributed by atoms with Crippen LogP contribution in [0.5, 0.6) is 5.75 Å². The highest BCUT2D eigenvalue weighted by Crippen LogP contribution is 2.22. The predicted octanol–water partition coefficient (Wildman–Crippen LogP) is 2.73. The summed E-state index contributed by atoms with van der Waals surface area (Å²) in [5, 5.41) is 19.9. The van der Waals surface area contributed by atoms with Crippen molar-refractivity contribution in [1.82, 2.24) is 0 Å². The molecule has 0 aromatic heterocycles. The van der Waals surface area contributed by atoms with Crippen molar-refractivity contribution in [2.24, 2.45) is 0 Å². The van der Waals surface area contributed by atoms with Crippen LogP contribution in [0.15, 0.2) is 30.0 Å². The highest BCUT2D eigenvalue weighted by atomic mass is 19.1. The first-order chi connectivity index (χ1) is 10.2. The third-order valence-corrected chi connectivity index (χ3v) is 3.00. The standard InChI is InChI=1S/C15H14FN3O2/c16-14-6-12(19-9-11(7-17)8-18)3-4-15(14)21-10-13-2-1-5-20-13/h3-4,6,9,13,19H,1-2,5,10H2. The summed E-state index contributed by atoms with van der Waals surface area (Å²) in [7, 11) is 0. The Balaban J connectivity index is 1.95. The Hall–Kier alpha value is -2.57. The van der Waals surface area contributed by atoms with Gasteiger partial charge in [-0.25, -0.2) is 4.39 Å². The first-order valence-electron chi connectivity index (χ1n) is 6.54. The summed E-state index contributed by atoms with van der Waals surface area (Å²) >= 11 is 0.